The average Bonchev–Trinajstić information content (AvgIpc) is 3.19. The minimum Gasteiger partial charge on any atom is -0.368 e. The van der Waals surface area contributed by atoms with Crippen molar-refractivity contribution >= 4 is 16.8 Å². The second kappa shape index (κ2) is 7.44. The van der Waals surface area contributed by atoms with Gasteiger partial charge in [-0.25, -0.2) is 0 Å². The summed E-state index contributed by atoms with van der Waals surface area (Å²) in [6.45, 7) is 8.45. The Morgan fingerprint density at radius 3 is 2.63 bits per heavy atom. The van der Waals surface area contributed by atoms with Crippen molar-refractivity contribution in [3.8, 4) is 0 Å². The summed E-state index contributed by atoms with van der Waals surface area (Å²) >= 11 is 0. The third-order valence-corrected chi connectivity index (χ3v) is 5.74. The van der Waals surface area contributed by atoms with Gasteiger partial charge in [0.25, 0.3) is 5.91 Å². The van der Waals surface area contributed by atoms with Gasteiger partial charge in [-0.2, -0.15) is 0 Å². The first-order valence-electron chi connectivity index (χ1n) is 9.78. The SMILES string of the molecule is Cc1ccc(C)c2c(=O)cc(CN3CCN(C(=O)[C@H]4CCCO4)CC3)[nH]c12. The number of hydrogen-bond donors (Lipinski definition) is 1. The van der Waals surface area contributed by atoms with Crippen molar-refractivity contribution in [2.45, 2.75) is 39.3 Å². The molecule has 0 unspecified atom stereocenters. The number of rotatable bonds is 3. The zero-order valence-corrected chi connectivity index (χ0v) is 16.1. The maximum absolute atomic E-state index is 12.6. The minimum absolute atomic E-state index is 0.0761. The van der Waals surface area contributed by atoms with Gasteiger partial charge in [-0.05, 0) is 37.8 Å². The fourth-order valence-electron chi connectivity index (χ4n) is 4.15. The molecule has 2 fully saturated rings. The first-order valence-corrected chi connectivity index (χ1v) is 9.78. The van der Waals surface area contributed by atoms with Crippen molar-refractivity contribution in [3.05, 3.63) is 45.2 Å². The topological polar surface area (TPSA) is 65.6 Å². The average molecular weight is 369 g/mol. The van der Waals surface area contributed by atoms with Crippen LogP contribution in [0, 0.1) is 13.8 Å². The van der Waals surface area contributed by atoms with Crippen LogP contribution < -0.4 is 5.43 Å². The van der Waals surface area contributed by atoms with E-state index in [1.807, 2.05) is 30.9 Å². The van der Waals surface area contributed by atoms with E-state index in [4.69, 9.17) is 4.74 Å². The van der Waals surface area contributed by atoms with E-state index in [0.29, 0.717) is 26.2 Å². The standard InChI is InChI=1S/C21H27N3O3/c1-14-5-6-15(2)20-19(14)17(25)12-16(22-20)13-23-7-9-24(10-8-23)21(26)18-4-3-11-27-18/h5-6,12,18H,3-4,7-11,13H2,1-2H3,(H,22,25)/t18-/m1/s1. The highest BCUT2D eigenvalue weighted by Crippen LogP contribution is 2.19. The molecule has 0 spiro atoms. The summed E-state index contributed by atoms with van der Waals surface area (Å²) in [7, 11) is 0. The molecule has 2 saturated heterocycles. The number of nitrogens with zero attached hydrogens (tertiary/aromatic N) is 2. The number of aromatic nitrogens is 1. The molecule has 6 heteroatoms. The lowest BCUT2D eigenvalue weighted by molar-refractivity contribution is -0.142. The number of pyridine rings is 1. The van der Waals surface area contributed by atoms with E-state index in [1.54, 1.807) is 6.07 Å². The molecule has 0 aliphatic carbocycles. The zero-order chi connectivity index (χ0) is 19.0. The number of carbonyl (C=O) groups is 1. The molecular formula is C21H27N3O3. The molecule has 1 N–H and O–H groups in total. The number of fused-ring (bicyclic) bond motifs is 1. The van der Waals surface area contributed by atoms with Gasteiger partial charge >= 0.3 is 0 Å². The number of aromatic amines is 1. The van der Waals surface area contributed by atoms with Gasteiger partial charge in [-0.3, -0.25) is 14.5 Å². The maximum Gasteiger partial charge on any atom is 0.251 e. The van der Waals surface area contributed by atoms with Crippen molar-refractivity contribution in [3.63, 3.8) is 0 Å². The van der Waals surface area contributed by atoms with Crippen LogP contribution in [0.25, 0.3) is 10.9 Å². The van der Waals surface area contributed by atoms with Crippen molar-refractivity contribution in [1.82, 2.24) is 14.8 Å². The lowest BCUT2D eigenvalue weighted by Gasteiger charge is -2.35. The van der Waals surface area contributed by atoms with Gasteiger partial charge in [0.1, 0.15) is 6.10 Å². The highest BCUT2D eigenvalue weighted by molar-refractivity contribution is 5.84. The molecule has 144 valence electrons. The molecule has 2 aliphatic rings. The first kappa shape index (κ1) is 18.2. The molecule has 6 nitrogen and oxygen atoms in total. The molecule has 0 saturated carbocycles. The molecule has 4 rings (SSSR count). The van der Waals surface area contributed by atoms with Crippen molar-refractivity contribution < 1.29 is 9.53 Å². The van der Waals surface area contributed by atoms with Crippen LogP contribution in [0.1, 0.15) is 29.7 Å². The number of carbonyl (C=O) groups excluding carboxylic acids is 1. The largest absolute Gasteiger partial charge is 0.368 e. The van der Waals surface area contributed by atoms with E-state index < -0.39 is 0 Å². The van der Waals surface area contributed by atoms with Crippen LogP contribution in [-0.2, 0) is 16.1 Å². The van der Waals surface area contributed by atoms with Crippen LogP contribution in [-0.4, -0.2) is 59.6 Å². The highest BCUT2D eigenvalue weighted by atomic mass is 16.5. The Labute approximate surface area is 159 Å². The van der Waals surface area contributed by atoms with Crippen molar-refractivity contribution in [1.29, 1.82) is 0 Å². The van der Waals surface area contributed by atoms with E-state index in [0.717, 1.165) is 53.7 Å². The number of benzene rings is 1. The summed E-state index contributed by atoms with van der Waals surface area (Å²) in [5.74, 6) is 0.136. The smallest absolute Gasteiger partial charge is 0.251 e. The lowest BCUT2D eigenvalue weighted by Crippen LogP contribution is -2.51. The fourth-order valence-corrected chi connectivity index (χ4v) is 4.15. The van der Waals surface area contributed by atoms with Crippen molar-refractivity contribution in [2.75, 3.05) is 32.8 Å². The predicted octanol–water partition coefficient (Wildman–Crippen LogP) is 1.97. The van der Waals surface area contributed by atoms with Crippen LogP contribution in [0.4, 0.5) is 0 Å². The maximum atomic E-state index is 12.6. The molecule has 27 heavy (non-hydrogen) atoms. The molecular weight excluding hydrogens is 342 g/mol. The number of H-pyrrole nitrogens is 1. The Kier molecular flexibility index (Phi) is 5.02. The molecule has 1 aromatic carbocycles. The van der Waals surface area contributed by atoms with Crippen LogP contribution in [0.5, 0.6) is 0 Å². The van der Waals surface area contributed by atoms with Crippen LogP contribution in [0.15, 0.2) is 23.0 Å². The Hall–Kier alpha value is -2.18. The van der Waals surface area contributed by atoms with Crippen LogP contribution >= 0.6 is 0 Å². The van der Waals surface area contributed by atoms with E-state index in [1.165, 1.54) is 0 Å². The first-order chi connectivity index (χ1) is 13.0. The molecule has 1 amide bonds. The van der Waals surface area contributed by atoms with E-state index >= 15 is 0 Å². The number of nitrogens with one attached hydrogen (secondary N) is 1. The monoisotopic (exact) mass is 369 g/mol. The molecule has 0 radical (unpaired) electrons. The molecule has 0 bridgehead atoms. The third-order valence-electron chi connectivity index (χ3n) is 5.74. The van der Waals surface area contributed by atoms with E-state index in [-0.39, 0.29) is 17.4 Å². The molecule has 1 aromatic heterocycles. The molecule has 2 aromatic rings. The van der Waals surface area contributed by atoms with Crippen LogP contribution in [0.2, 0.25) is 0 Å². The minimum atomic E-state index is -0.236. The zero-order valence-electron chi connectivity index (χ0n) is 16.1. The lowest BCUT2D eigenvalue weighted by atomic mass is 10.0. The van der Waals surface area contributed by atoms with Gasteiger partial charge < -0.3 is 14.6 Å². The summed E-state index contributed by atoms with van der Waals surface area (Å²) < 4.78 is 5.52. The van der Waals surface area contributed by atoms with Crippen LogP contribution in [0.3, 0.4) is 0 Å². The predicted molar refractivity (Wildman–Crippen MR) is 105 cm³/mol. The Balaban J connectivity index is 1.44. The Morgan fingerprint density at radius 1 is 1.19 bits per heavy atom. The molecule has 3 heterocycles. The summed E-state index contributed by atoms with van der Waals surface area (Å²) in [6.07, 6.45) is 1.58. The molecule has 1 atom stereocenters. The Morgan fingerprint density at radius 2 is 1.93 bits per heavy atom. The van der Waals surface area contributed by atoms with E-state index in [2.05, 4.69) is 9.88 Å². The highest BCUT2D eigenvalue weighted by Gasteiger charge is 2.30. The second-order valence-corrected chi connectivity index (χ2v) is 7.71. The van der Waals surface area contributed by atoms with Gasteiger partial charge in [-0.15, -0.1) is 0 Å². The number of aryl methyl sites for hydroxylation is 2. The fraction of sp³-hybridized carbons (Fsp3) is 0.524. The van der Waals surface area contributed by atoms with Gasteiger partial charge in [-0.1, -0.05) is 12.1 Å². The number of piperazine rings is 1. The normalized spacial score (nSPS) is 21.1. The van der Waals surface area contributed by atoms with Gasteiger partial charge in [0, 0.05) is 56.5 Å². The summed E-state index contributed by atoms with van der Waals surface area (Å²) in [5, 5.41) is 0.783. The Bertz CT molecular complexity index is 907. The summed E-state index contributed by atoms with van der Waals surface area (Å²) in [5.41, 5.74) is 4.03. The van der Waals surface area contributed by atoms with Gasteiger partial charge in [0.15, 0.2) is 5.43 Å². The summed E-state index contributed by atoms with van der Waals surface area (Å²) in [4.78, 5) is 32.7. The number of hydrogen-bond acceptors (Lipinski definition) is 4. The van der Waals surface area contributed by atoms with Gasteiger partial charge in [0.2, 0.25) is 0 Å². The molecule has 2 aliphatic heterocycles. The second-order valence-electron chi connectivity index (χ2n) is 7.71. The van der Waals surface area contributed by atoms with Crippen molar-refractivity contribution in [2.24, 2.45) is 0 Å². The number of amides is 1. The van der Waals surface area contributed by atoms with Gasteiger partial charge in [0.05, 0.1) is 5.52 Å². The number of ether oxygens (including phenoxy) is 1. The third kappa shape index (κ3) is 3.64. The quantitative estimate of drug-likeness (QED) is 0.898. The summed E-state index contributed by atoms with van der Waals surface area (Å²) in [6, 6.07) is 5.77. The van der Waals surface area contributed by atoms with E-state index in [9.17, 15) is 9.59 Å².